The highest BCUT2D eigenvalue weighted by Crippen LogP contribution is 2.20. The smallest absolute Gasteiger partial charge is 0.157 e. The topological polar surface area (TPSA) is 80.2 Å². The lowest BCUT2D eigenvalue weighted by Crippen LogP contribution is -2.13. The zero-order valence-corrected chi connectivity index (χ0v) is 10.6. The zero-order valence-electron chi connectivity index (χ0n) is 9.80. The second kappa shape index (κ2) is 4.47. The van der Waals surface area contributed by atoms with Crippen LogP contribution >= 0.6 is 0 Å². The maximum atomic E-state index is 11.3. The van der Waals surface area contributed by atoms with Gasteiger partial charge in [-0.3, -0.25) is 0 Å². The maximum absolute atomic E-state index is 11.3. The lowest BCUT2D eigenvalue weighted by molar-refractivity contribution is 0.197. The summed E-state index contributed by atoms with van der Waals surface area (Å²) in [6.45, 7) is 4.89. The number of aliphatic hydroxyl groups excluding tert-OH is 1. The molecule has 1 aromatic rings. The van der Waals surface area contributed by atoms with E-state index in [0.717, 1.165) is 6.26 Å². The number of hydrogen-bond donors (Lipinski definition) is 1. The third kappa shape index (κ3) is 2.76. The van der Waals surface area contributed by atoms with Crippen LogP contribution in [-0.2, 0) is 9.84 Å². The largest absolute Gasteiger partial charge is 0.389 e. The molecule has 16 heavy (non-hydrogen) atoms. The van der Waals surface area contributed by atoms with Gasteiger partial charge in [0.1, 0.15) is 11.1 Å². The molecule has 0 aliphatic rings. The summed E-state index contributed by atoms with van der Waals surface area (Å²) >= 11 is 0. The molecule has 0 bridgehead atoms. The van der Waals surface area contributed by atoms with Crippen molar-refractivity contribution < 1.29 is 13.5 Å². The molecule has 1 heterocycles. The Morgan fingerprint density at radius 2 is 1.94 bits per heavy atom. The van der Waals surface area contributed by atoms with E-state index in [1.54, 1.807) is 20.8 Å². The fourth-order valence-corrected chi connectivity index (χ4v) is 1.79. The van der Waals surface area contributed by atoms with Gasteiger partial charge in [-0.15, -0.1) is 0 Å². The summed E-state index contributed by atoms with van der Waals surface area (Å²) in [5.41, 5.74) is 1.22. The molecule has 6 heteroatoms. The van der Waals surface area contributed by atoms with Gasteiger partial charge >= 0.3 is 0 Å². The van der Waals surface area contributed by atoms with E-state index in [1.165, 1.54) is 6.20 Å². The first kappa shape index (κ1) is 13.1. The standard InChI is InChI=1S/C10H16N2O3S/c1-6-9(7(2)13)5-11-10(12-6)8(3)16(4,14)15/h5,7-8,13H,1-4H3. The third-order valence-electron chi connectivity index (χ3n) is 2.49. The second-order valence-electron chi connectivity index (χ2n) is 3.92. The van der Waals surface area contributed by atoms with Crippen LogP contribution in [0.1, 0.15) is 42.3 Å². The quantitative estimate of drug-likeness (QED) is 0.856. The Labute approximate surface area is 95.5 Å². The summed E-state index contributed by atoms with van der Waals surface area (Å²) in [6.07, 6.45) is 1.98. The van der Waals surface area contributed by atoms with Crippen molar-refractivity contribution in [1.82, 2.24) is 9.97 Å². The molecule has 0 aromatic carbocycles. The Hall–Kier alpha value is -1.01. The van der Waals surface area contributed by atoms with Crippen molar-refractivity contribution in [1.29, 1.82) is 0 Å². The van der Waals surface area contributed by atoms with E-state index >= 15 is 0 Å². The van der Waals surface area contributed by atoms with Crippen LogP contribution in [0.3, 0.4) is 0 Å². The molecule has 0 spiro atoms. The number of aromatic nitrogens is 2. The predicted octanol–water partition coefficient (Wildman–Crippen LogP) is 0.944. The maximum Gasteiger partial charge on any atom is 0.157 e. The van der Waals surface area contributed by atoms with Gasteiger partial charge in [-0.1, -0.05) is 0 Å². The summed E-state index contributed by atoms with van der Waals surface area (Å²) in [5.74, 6) is 0.268. The van der Waals surface area contributed by atoms with E-state index in [-0.39, 0.29) is 5.82 Å². The minimum atomic E-state index is -3.19. The van der Waals surface area contributed by atoms with E-state index in [1.807, 2.05) is 0 Å². The van der Waals surface area contributed by atoms with E-state index in [4.69, 9.17) is 0 Å². The van der Waals surface area contributed by atoms with Crippen molar-refractivity contribution in [3.8, 4) is 0 Å². The molecule has 1 N–H and O–H groups in total. The second-order valence-corrected chi connectivity index (χ2v) is 6.28. The average Bonchev–Trinajstić information content (AvgIpc) is 2.14. The van der Waals surface area contributed by atoms with Crippen LogP contribution in [0.2, 0.25) is 0 Å². The Kier molecular flexibility index (Phi) is 3.64. The summed E-state index contributed by atoms with van der Waals surface area (Å²) < 4.78 is 22.7. The van der Waals surface area contributed by atoms with E-state index in [0.29, 0.717) is 11.3 Å². The molecular weight excluding hydrogens is 228 g/mol. The summed E-state index contributed by atoms with van der Waals surface area (Å²) in [4.78, 5) is 8.09. The fraction of sp³-hybridized carbons (Fsp3) is 0.600. The van der Waals surface area contributed by atoms with Crippen LogP contribution in [-0.4, -0.2) is 29.7 Å². The number of nitrogens with zero attached hydrogens (tertiary/aromatic N) is 2. The van der Waals surface area contributed by atoms with Crippen LogP contribution in [0.5, 0.6) is 0 Å². The van der Waals surface area contributed by atoms with Crippen LogP contribution < -0.4 is 0 Å². The van der Waals surface area contributed by atoms with Gasteiger partial charge in [-0.05, 0) is 20.8 Å². The van der Waals surface area contributed by atoms with Crippen LogP contribution in [0.25, 0.3) is 0 Å². The Bertz CT molecular complexity index is 483. The van der Waals surface area contributed by atoms with Gasteiger partial charge in [0.2, 0.25) is 0 Å². The monoisotopic (exact) mass is 244 g/mol. The predicted molar refractivity (Wildman–Crippen MR) is 60.7 cm³/mol. The van der Waals surface area contributed by atoms with Crippen molar-refractivity contribution in [2.45, 2.75) is 32.1 Å². The van der Waals surface area contributed by atoms with Gasteiger partial charge in [0.25, 0.3) is 0 Å². The normalized spacial score (nSPS) is 15.8. The summed E-state index contributed by atoms with van der Waals surface area (Å²) in [6, 6.07) is 0. The van der Waals surface area contributed by atoms with Gasteiger partial charge in [0.05, 0.1) is 6.10 Å². The van der Waals surface area contributed by atoms with Crippen molar-refractivity contribution in [2.75, 3.05) is 6.26 Å². The molecule has 0 aliphatic heterocycles. The van der Waals surface area contributed by atoms with Crippen molar-refractivity contribution in [3.05, 3.63) is 23.3 Å². The van der Waals surface area contributed by atoms with E-state index in [9.17, 15) is 13.5 Å². The number of hydrogen-bond acceptors (Lipinski definition) is 5. The lowest BCUT2D eigenvalue weighted by atomic mass is 10.1. The van der Waals surface area contributed by atoms with Gasteiger partial charge in [0, 0.05) is 23.7 Å². The van der Waals surface area contributed by atoms with Gasteiger partial charge in [0.15, 0.2) is 9.84 Å². The number of aliphatic hydroxyl groups is 1. The molecule has 0 amide bonds. The Balaban J connectivity index is 3.16. The molecule has 2 atom stereocenters. The van der Waals surface area contributed by atoms with Crippen molar-refractivity contribution in [3.63, 3.8) is 0 Å². The Morgan fingerprint density at radius 3 is 2.31 bits per heavy atom. The highest BCUT2D eigenvalue weighted by molar-refractivity contribution is 7.90. The molecule has 0 saturated carbocycles. The van der Waals surface area contributed by atoms with E-state index < -0.39 is 21.2 Å². The number of rotatable bonds is 3. The summed E-state index contributed by atoms with van der Waals surface area (Å²) in [5, 5.41) is 8.67. The average molecular weight is 244 g/mol. The zero-order chi connectivity index (χ0) is 12.5. The molecule has 1 rings (SSSR count). The molecule has 0 saturated heterocycles. The van der Waals surface area contributed by atoms with Gasteiger partial charge in [-0.25, -0.2) is 18.4 Å². The first-order chi connectivity index (χ1) is 7.23. The molecule has 0 radical (unpaired) electrons. The number of aryl methyl sites for hydroxylation is 1. The fourth-order valence-electron chi connectivity index (χ4n) is 1.29. The molecule has 0 aliphatic carbocycles. The minimum absolute atomic E-state index is 0.268. The molecular formula is C10H16N2O3S. The Morgan fingerprint density at radius 1 is 1.38 bits per heavy atom. The van der Waals surface area contributed by atoms with Gasteiger partial charge < -0.3 is 5.11 Å². The van der Waals surface area contributed by atoms with Crippen molar-refractivity contribution >= 4 is 9.84 Å². The first-order valence-electron chi connectivity index (χ1n) is 4.94. The molecule has 90 valence electrons. The van der Waals surface area contributed by atoms with Crippen LogP contribution in [0.15, 0.2) is 6.20 Å². The highest BCUT2D eigenvalue weighted by Gasteiger charge is 2.21. The SMILES string of the molecule is Cc1nc(C(C)S(C)(=O)=O)ncc1C(C)O. The lowest BCUT2D eigenvalue weighted by Gasteiger charge is -2.12. The highest BCUT2D eigenvalue weighted by atomic mass is 32.2. The molecule has 1 aromatic heterocycles. The molecule has 2 unspecified atom stereocenters. The molecule has 0 fully saturated rings. The van der Waals surface area contributed by atoms with E-state index in [2.05, 4.69) is 9.97 Å². The van der Waals surface area contributed by atoms with Crippen LogP contribution in [0, 0.1) is 6.92 Å². The molecule has 5 nitrogen and oxygen atoms in total. The first-order valence-corrected chi connectivity index (χ1v) is 6.89. The summed E-state index contributed by atoms with van der Waals surface area (Å²) in [7, 11) is -3.19. The minimum Gasteiger partial charge on any atom is -0.389 e. The third-order valence-corrected chi connectivity index (χ3v) is 3.99. The van der Waals surface area contributed by atoms with Crippen molar-refractivity contribution in [2.24, 2.45) is 0 Å². The number of sulfone groups is 1. The van der Waals surface area contributed by atoms with Gasteiger partial charge in [-0.2, -0.15) is 0 Å². The van der Waals surface area contributed by atoms with Crippen LogP contribution in [0.4, 0.5) is 0 Å².